The smallest absolute Gasteiger partial charge is 0.177 e. The highest BCUT2D eigenvalue weighted by molar-refractivity contribution is 7.90. The first-order valence-corrected chi connectivity index (χ1v) is 11.1. The van der Waals surface area contributed by atoms with Gasteiger partial charge in [-0.2, -0.15) is 0 Å². The average Bonchev–Trinajstić information content (AvgIpc) is 3.18. The van der Waals surface area contributed by atoms with Gasteiger partial charge in [0.1, 0.15) is 5.82 Å². The van der Waals surface area contributed by atoms with Gasteiger partial charge in [-0.25, -0.2) is 13.4 Å². The van der Waals surface area contributed by atoms with Gasteiger partial charge in [0.15, 0.2) is 9.84 Å². The molecule has 1 fully saturated rings. The molecule has 1 aromatic heterocycles. The van der Waals surface area contributed by atoms with Gasteiger partial charge in [0.25, 0.3) is 0 Å². The van der Waals surface area contributed by atoms with Crippen LogP contribution < -0.4 is 4.90 Å². The summed E-state index contributed by atoms with van der Waals surface area (Å²) in [5.41, 5.74) is 2.92. The number of nitrogens with one attached hydrogen (secondary N) is 1. The molecule has 3 aromatic rings. The van der Waals surface area contributed by atoms with Crippen molar-refractivity contribution >= 4 is 15.5 Å². The van der Waals surface area contributed by atoms with E-state index in [0.717, 1.165) is 48.7 Å². The van der Waals surface area contributed by atoms with Gasteiger partial charge in [0.05, 0.1) is 22.5 Å². The molecule has 1 saturated heterocycles. The van der Waals surface area contributed by atoms with E-state index in [1.165, 1.54) is 6.26 Å². The van der Waals surface area contributed by atoms with Gasteiger partial charge in [-0.15, -0.1) is 0 Å². The minimum Gasteiger partial charge on any atom is -0.370 e. The van der Waals surface area contributed by atoms with E-state index in [2.05, 4.69) is 27.0 Å². The third-order valence-corrected chi connectivity index (χ3v) is 6.24. The van der Waals surface area contributed by atoms with Crippen LogP contribution in [0.4, 0.5) is 5.69 Å². The van der Waals surface area contributed by atoms with Crippen molar-refractivity contribution in [1.82, 2.24) is 9.97 Å². The largest absolute Gasteiger partial charge is 0.370 e. The fourth-order valence-electron chi connectivity index (χ4n) is 3.76. The van der Waals surface area contributed by atoms with Crippen LogP contribution in [0.5, 0.6) is 0 Å². The second kappa shape index (κ2) is 7.19. The summed E-state index contributed by atoms with van der Waals surface area (Å²) in [6.07, 6.45) is 5.20. The second-order valence-electron chi connectivity index (χ2n) is 7.07. The summed E-state index contributed by atoms with van der Waals surface area (Å²) < 4.78 is 24.3. The lowest BCUT2D eigenvalue weighted by atomic mass is 9.97. The molecular formula is C21H23N3O2S. The molecule has 27 heavy (non-hydrogen) atoms. The van der Waals surface area contributed by atoms with Gasteiger partial charge in [0.2, 0.25) is 0 Å². The number of rotatable bonds is 4. The Bertz CT molecular complexity index is 1030. The first-order chi connectivity index (χ1) is 13.0. The van der Waals surface area contributed by atoms with Crippen LogP contribution in [0.15, 0.2) is 65.7 Å². The van der Waals surface area contributed by atoms with Crippen LogP contribution in [0.25, 0.3) is 11.3 Å². The first kappa shape index (κ1) is 17.8. The maximum atomic E-state index is 12.2. The molecule has 0 aliphatic carbocycles. The van der Waals surface area contributed by atoms with E-state index in [-0.39, 0.29) is 5.92 Å². The standard InChI is InChI=1S/C21H23N3O2S/c1-27(25,26)20-12-6-5-11-19(20)24-13-7-10-17(15-24)21-22-14-18(23-21)16-8-3-2-4-9-16/h2-6,8-9,11-12,14,17H,7,10,13,15H2,1H3,(H,22,23). The fourth-order valence-corrected chi connectivity index (χ4v) is 4.66. The van der Waals surface area contributed by atoms with E-state index >= 15 is 0 Å². The monoisotopic (exact) mass is 381 g/mol. The highest BCUT2D eigenvalue weighted by Gasteiger charge is 2.26. The van der Waals surface area contributed by atoms with Crippen molar-refractivity contribution in [2.24, 2.45) is 0 Å². The Labute approximate surface area is 160 Å². The van der Waals surface area contributed by atoms with E-state index in [9.17, 15) is 8.42 Å². The van der Waals surface area contributed by atoms with Crippen molar-refractivity contribution in [3.05, 3.63) is 66.6 Å². The highest BCUT2D eigenvalue weighted by Crippen LogP contribution is 2.33. The summed E-state index contributed by atoms with van der Waals surface area (Å²) in [6.45, 7) is 1.61. The molecule has 4 rings (SSSR count). The van der Waals surface area contributed by atoms with Crippen LogP contribution in [-0.2, 0) is 9.84 Å². The Morgan fingerprint density at radius 2 is 1.81 bits per heavy atom. The zero-order valence-corrected chi connectivity index (χ0v) is 16.1. The second-order valence-corrected chi connectivity index (χ2v) is 9.06. The number of hydrogen-bond acceptors (Lipinski definition) is 4. The van der Waals surface area contributed by atoms with Crippen LogP contribution in [0.2, 0.25) is 0 Å². The highest BCUT2D eigenvalue weighted by atomic mass is 32.2. The van der Waals surface area contributed by atoms with Crippen LogP contribution >= 0.6 is 0 Å². The number of nitrogens with zero attached hydrogens (tertiary/aromatic N) is 2. The molecule has 0 saturated carbocycles. The predicted molar refractivity (Wildman–Crippen MR) is 108 cm³/mol. The maximum absolute atomic E-state index is 12.2. The number of aromatic amines is 1. The average molecular weight is 382 g/mol. The van der Waals surface area contributed by atoms with Crippen LogP contribution in [0.3, 0.4) is 0 Å². The summed E-state index contributed by atoms with van der Waals surface area (Å²) in [4.78, 5) is 10.6. The minimum atomic E-state index is -3.26. The van der Waals surface area contributed by atoms with Gasteiger partial charge in [-0.1, -0.05) is 42.5 Å². The molecular weight excluding hydrogens is 358 g/mol. The van der Waals surface area contributed by atoms with Crippen molar-refractivity contribution in [2.75, 3.05) is 24.2 Å². The molecule has 0 spiro atoms. The molecule has 2 heterocycles. The van der Waals surface area contributed by atoms with Gasteiger partial charge >= 0.3 is 0 Å². The molecule has 0 bridgehead atoms. The molecule has 1 N–H and O–H groups in total. The Morgan fingerprint density at radius 1 is 1.07 bits per heavy atom. The number of para-hydroxylation sites is 1. The number of benzene rings is 2. The summed E-state index contributed by atoms with van der Waals surface area (Å²) >= 11 is 0. The summed E-state index contributed by atoms with van der Waals surface area (Å²) in [7, 11) is -3.26. The Balaban J connectivity index is 1.59. The lowest BCUT2D eigenvalue weighted by Crippen LogP contribution is -2.35. The van der Waals surface area contributed by atoms with Crippen molar-refractivity contribution in [1.29, 1.82) is 0 Å². The van der Waals surface area contributed by atoms with Crippen molar-refractivity contribution in [3.63, 3.8) is 0 Å². The summed E-state index contributed by atoms with van der Waals surface area (Å²) in [6, 6.07) is 17.4. The first-order valence-electron chi connectivity index (χ1n) is 9.17. The number of H-pyrrole nitrogens is 1. The molecule has 1 unspecified atom stereocenters. The molecule has 1 atom stereocenters. The minimum absolute atomic E-state index is 0.254. The zero-order valence-electron chi connectivity index (χ0n) is 15.3. The SMILES string of the molecule is CS(=O)(=O)c1ccccc1N1CCCC(c2ncc(-c3ccccc3)[nH]2)C1. The van der Waals surface area contributed by atoms with Gasteiger partial charge in [-0.3, -0.25) is 0 Å². The Morgan fingerprint density at radius 3 is 2.59 bits per heavy atom. The fraction of sp³-hybridized carbons (Fsp3) is 0.286. The van der Waals surface area contributed by atoms with E-state index in [1.54, 1.807) is 12.1 Å². The van der Waals surface area contributed by atoms with E-state index in [0.29, 0.717) is 4.90 Å². The van der Waals surface area contributed by atoms with Gasteiger partial charge in [0, 0.05) is 25.3 Å². The number of anilines is 1. The summed E-state index contributed by atoms with van der Waals surface area (Å²) in [5.74, 6) is 1.22. The molecule has 2 aromatic carbocycles. The van der Waals surface area contributed by atoms with Crippen LogP contribution in [0, 0.1) is 0 Å². The molecule has 1 aliphatic heterocycles. The number of imidazole rings is 1. The van der Waals surface area contributed by atoms with Gasteiger partial charge in [-0.05, 0) is 30.5 Å². The number of sulfone groups is 1. The Kier molecular flexibility index (Phi) is 4.74. The zero-order chi connectivity index (χ0) is 18.9. The number of hydrogen-bond donors (Lipinski definition) is 1. The van der Waals surface area contributed by atoms with Crippen molar-refractivity contribution in [3.8, 4) is 11.3 Å². The van der Waals surface area contributed by atoms with Crippen LogP contribution in [-0.4, -0.2) is 37.7 Å². The molecule has 0 amide bonds. The molecule has 5 nitrogen and oxygen atoms in total. The van der Waals surface area contributed by atoms with Crippen molar-refractivity contribution < 1.29 is 8.42 Å². The molecule has 1 aliphatic rings. The van der Waals surface area contributed by atoms with Crippen molar-refractivity contribution in [2.45, 2.75) is 23.7 Å². The Hall–Kier alpha value is -2.60. The third kappa shape index (κ3) is 3.76. The lowest BCUT2D eigenvalue weighted by Gasteiger charge is -2.34. The quantitative estimate of drug-likeness (QED) is 0.745. The third-order valence-electron chi connectivity index (χ3n) is 5.09. The summed E-state index contributed by atoms with van der Waals surface area (Å²) in [5, 5.41) is 0. The van der Waals surface area contributed by atoms with E-state index < -0.39 is 9.84 Å². The topological polar surface area (TPSA) is 66.1 Å². The normalized spacial score (nSPS) is 17.8. The van der Waals surface area contributed by atoms with Crippen LogP contribution in [0.1, 0.15) is 24.6 Å². The number of piperidine rings is 1. The van der Waals surface area contributed by atoms with E-state index in [4.69, 9.17) is 0 Å². The molecule has 0 radical (unpaired) electrons. The maximum Gasteiger partial charge on any atom is 0.177 e. The lowest BCUT2D eigenvalue weighted by molar-refractivity contribution is 0.492. The van der Waals surface area contributed by atoms with E-state index in [1.807, 2.05) is 36.5 Å². The molecule has 6 heteroatoms. The van der Waals surface area contributed by atoms with Gasteiger partial charge < -0.3 is 9.88 Å². The molecule has 140 valence electrons. The predicted octanol–water partition coefficient (Wildman–Crippen LogP) is 3.86. The number of aromatic nitrogens is 2.